The molecule has 4 rings (SSSR count). The molecule has 2 aromatic heterocycles. The first-order chi connectivity index (χ1) is 14.9. The molecule has 0 aliphatic carbocycles. The fourth-order valence-corrected chi connectivity index (χ4v) is 3.61. The summed E-state index contributed by atoms with van der Waals surface area (Å²) < 4.78 is 43.0. The number of hydrogen-bond acceptors (Lipinski definition) is 3. The van der Waals surface area contributed by atoms with Crippen molar-refractivity contribution < 1.29 is 18.0 Å². The van der Waals surface area contributed by atoms with Crippen LogP contribution in [-0.2, 0) is 13.0 Å². The Hall–Kier alpha value is -3.62. The van der Waals surface area contributed by atoms with Crippen molar-refractivity contribution in [2.75, 3.05) is 7.05 Å². The highest BCUT2D eigenvalue weighted by Gasteiger charge is 2.24. The maximum absolute atomic E-state index is 13.7. The van der Waals surface area contributed by atoms with E-state index in [2.05, 4.69) is 10.1 Å². The Labute approximate surface area is 176 Å². The number of aromatic nitrogens is 4. The summed E-state index contributed by atoms with van der Waals surface area (Å²) in [6, 6.07) is 12.4. The van der Waals surface area contributed by atoms with E-state index >= 15 is 0 Å². The number of nitrogens with zero attached hydrogens (tertiary/aromatic N) is 5. The number of rotatable bonds is 6. The Morgan fingerprint density at radius 1 is 1.13 bits per heavy atom. The largest absolute Gasteiger partial charge is 0.334 e. The molecule has 0 radical (unpaired) electrons. The molecule has 0 N–H and O–H groups in total. The lowest BCUT2D eigenvalue weighted by Crippen LogP contribution is -2.28. The van der Waals surface area contributed by atoms with Gasteiger partial charge in [-0.15, -0.1) is 0 Å². The van der Waals surface area contributed by atoms with Gasteiger partial charge in [-0.25, -0.2) is 14.1 Å². The van der Waals surface area contributed by atoms with Gasteiger partial charge in [-0.1, -0.05) is 19.1 Å². The first-order valence-electron chi connectivity index (χ1n) is 9.73. The highest BCUT2D eigenvalue weighted by molar-refractivity contribution is 5.95. The lowest BCUT2D eigenvalue weighted by Gasteiger charge is -2.18. The van der Waals surface area contributed by atoms with Crippen LogP contribution in [0.15, 0.2) is 54.7 Å². The third-order valence-electron chi connectivity index (χ3n) is 5.09. The van der Waals surface area contributed by atoms with Crippen LogP contribution in [0.25, 0.3) is 16.7 Å². The number of alkyl halides is 2. The number of benzene rings is 2. The van der Waals surface area contributed by atoms with Gasteiger partial charge in [-0.2, -0.15) is 13.9 Å². The van der Waals surface area contributed by atoms with Crippen LogP contribution >= 0.6 is 0 Å². The third kappa shape index (κ3) is 3.78. The van der Waals surface area contributed by atoms with E-state index in [1.807, 2.05) is 6.92 Å². The molecule has 0 atom stereocenters. The van der Waals surface area contributed by atoms with E-state index in [0.29, 0.717) is 34.4 Å². The minimum absolute atomic E-state index is 0.0935. The van der Waals surface area contributed by atoms with Crippen molar-refractivity contribution in [3.05, 3.63) is 77.6 Å². The van der Waals surface area contributed by atoms with Crippen molar-refractivity contribution in [2.24, 2.45) is 0 Å². The summed E-state index contributed by atoms with van der Waals surface area (Å²) in [5, 5.41) is 4.28. The predicted molar refractivity (Wildman–Crippen MR) is 110 cm³/mol. The summed E-state index contributed by atoms with van der Waals surface area (Å²) in [4.78, 5) is 18.7. The number of imidazole rings is 1. The second kappa shape index (κ2) is 8.25. The van der Waals surface area contributed by atoms with Gasteiger partial charge in [-0.05, 0) is 42.8 Å². The molecular formula is C22H20F3N5O. The van der Waals surface area contributed by atoms with E-state index in [0.717, 1.165) is 4.57 Å². The van der Waals surface area contributed by atoms with Crippen LogP contribution in [0.3, 0.4) is 0 Å². The molecule has 0 saturated carbocycles. The van der Waals surface area contributed by atoms with Crippen molar-refractivity contribution in [1.29, 1.82) is 0 Å². The van der Waals surface area contributed by atoms with E-state index in [4.69, 9.17) is 0 Å². The second-order valence-corrected chi connectivity index (χ2v) is 7.07. The van der Waals surface area contributed by atoms with Crippen molar-refractivity contribution in [1.82, 2.24) is 24.2 Å². The Kier molecular flexibility index (Phi) is 5.50. The molecule has 0 spiro atoms. The number of fused-ring (bicyclic) bond motifs is 1. The van der Waals surface area contributed by atoms with Gasteiger partial charge >= 0.3 is 6.55 Å². The maximum Gasteiger partial charge on any atom is 0.320 e. The van der Waals surface area contributed by atoms with Crippen LogP contribution in [0, 0.1) is 5.82 Å². The van der Waals surface area contributed by atoms with Crippen molar-refractivity contribution in [2.45, 2.75) is 26.4 Å². The van der Waals surface area contributed by atoms with Crippen molar-refractivity contribution in [3.63, 3.8) is 0 Å². The number of amides is 1. The van der Waals surface area contributed by atoms with Gasteiger partial charge in [0.1, 0.15) is 11.6 Å². The summed E-state index contributed by atoms with van der Waals surface area (Å²) >= 11 is 0. The Morgan fingerprint density at radius 2 is 1.84 bits per heavy atom. The Bertz CT molecular complexity index is 1230. The average molecular weight is 427 g/mol. The second-order valence-electron chi connectivity index (χ2n) is 7.07. The minimum atomic E-state index is -2.78. The molecule has 160 valence electrons. The quantitative estimate of drug-likeness (QED) is 0.452. The number of carbonyl (C=O) groups is 1. The zero-order valence-electron chi connectivity index (χ0n) is 17.0. The normalized spacial score (nSPS) is 11.4. The van der Waals surface area contributed by atoms with Gasteiger partial charge in [0.15, 0.2) is 0 Å². The lowest BCUT2D eigenvalue weighted by atomic mass is 10.1. The van der Waals surface area contributed by atoms with Crippen LogP contribution in [0.4, 0.5) is 13.2 Å². The number of carbonyl (C=O) groups excluding carboxylic acids is 1. The molecule has 2 heterocycles. The van der Waals surface area contributed by atoms with E-state index in [1.165, 1.54) is 30.3 Å². The molecule has 1 amide bonds. The highest BCUT2D eigenvalue weighted by atomic mass is 19.3. The molecule has 0 fully saturated rings. The lowest BCUT2D eigenvalue weighted by molar-refractivity contribution is 0.0646. The van der Waals surface area contributed by atoms with Gasteiger partial charge in [0.2, 0.25) is 0 Å². The van der Waals surface area contributed by atoms with Crippen LogP contribution < -0.4 is 0 Å². The summed E-state index contributed by atoms with van der Waals surface area (Å²) in [6.07, 6.45) is 1.94. The maximum atomic E-state index is 13.7. The van der Waals surface area contributed by atoms with Gasteiger partial charge in [0.25, 0.3) is 5.91 Å². The standard InChI is InChI=1S/C22H20F3N5O/c1-3-18-16(12-26-30(18)15-10-8-14(23)9-11-15)21(31)28(2)13-20-27-17-6-4-5-7-19(17)29(20)22(24)25/h4-12,22H,3,13H2,1-2H3. The molecule has 6 nitrogen and oxygen atoms in total. The number of hydrogen-bond donors (Lipinski definition) is 0. The van der Waals surface area contributed by atoms with Gasteiger partial charge in [-0.3, -0.25) is 9.36 Å². The fraction of sp³-hybridized carbons (Fsp3) is 0.227. The Balaban J connectivity index is 1.64. The first kappa shape index (κ1) is 20.6. The summed E-state index contributed by atoms with van der Waals surface area (Å²) in [5.41, 5.74) is 2.38. The third-order valence-corrected chi connectivity index (χ3v) is 5.09. The van der Waals surface area contributed by atoms with Gasteiger partial charge in [0, 0.05) is 7.05 Å². The molecule has 0 unspecified atom stereocenters. The smallest absolute Gasteiger partial charge is 0.320 e. The van der Waals surface area contributed by atoms with E-state index in [1.54, 1.807) is 41.1 Å². The monoisotopic (exact) mass is 427 g/mol. The molecule has 4 aromatic rings. The summed E-state index contributed by atoms with van der Waals surface area (Å²) in [5.74, 6) is -0.638. The molecule has 0 saturated heterocycles. The van der Waals surface area contributed by atoms with Crippen LogP contribution in [0.2, 0.25) is 0 Å². The van der Waals surface area contributed by atoms with E-state index in [-0.39, 0.29) is 24.1 Å². The van der Waals surface area contributed by atoms with Crippen LogP contribution in [-0.4, -0.2) is 37.2 Å². The predicted octanol–water partition coefficient (Wildman–Crippen LogP) is 4.59. The van der Waals surface area contributed by atoms with Gasteiger partial charge < -0.3 is 4.90 Å². The number of halogens is 3. The fourth-order valence-electron chi connectivity index (χ4n) is 3.61. The average Bonchev–Trinajstić information content (AvgIpc) is 3.34. The van der Waals surface area contributed by atoms with E-state index < -0.39 is 6.55 Å². The summed E-state index contributed by atoms with van der Waals surface area (Å²) in [7, 11) is 1.53. The molecular weight excluding hydrogens is 407 g/mol. The van der Waals surface area contributed by atoms with Crippen LogP contribution in [0.1, 0.15) is 35.3 Å². The zero-order chi connectivity index (χ0) is 22.1. The number of para-hydroxylation sites is 2. The first-order valence-corrected chi connectivity index (χ1v) is 9.73. The molecule has 2 aromatic carbocycles. The zero-order valence-corrected chi connectivity index (χ0v) is 17.0. The van der Waals surface area contributed by atoms with Crippen LogP contribution in [0.5, 0.6) is 0 Å². The Morgan fingerprint density at radius 3 is 2.52 bits per heavy atom. The molecule has 31 heavy (non-hydrogen) atoms. The topological polar surface area (TPSA) is 56.0 Å². The minimum Gasteiger partial charge on any atom is -0.334 e. The van der Waals surface area contributed by atoms with Crippen molar-refractivity contribution >= 4 is 16.9 Å². The summed E-state index contributed by atoms with van der Waals surface area (Å²) in [6.45, 7) is -0.995. The molecule has 0 bridgehead atoms. The SMILES string of the molecule is CCc1c(C(=O)N(C)Cc2nc3ccccc3n2C(F)F)cnn1-c1ccc(F)cc1. The molecule has 0 aliphatic heterocycles. The highest BCUT2D eigenvalue weighted by Crippen LogP contribution is 2.24. The van der Waals surface area contributed by atoms with E-state index in [9.17, 15) is 18.0 Å². The van der Waals surface area contributed by atoms with Gasteiger partial charge in [0.05, 0.1) is 40.7 Å². The van der Waals surface area contributed by atoms with Crippen molar-refractivity contribution in [3.8, 4) is 5.69 Å². The molecule has 0 aliphatic rings. The molecule has 9 heteroatoms.